The number of ether oxygens (including phenoxy) is 1. The van der Waals surface area contributed by atoms with Gasteiger partial charge in [-0.15, -0.1) is 0 Å². The van der Waals surface area contributed by atoms with E-state index >= 15 is 0 Å². The quantitative estimate of drug-likeness (QED) is 0.376. The molecular weight excluding hydrogens is 332 g/mol. The van der Waals surface area contributed by atoms with Gasteiger partial charge in [0.15, 0.2) is 0 Å². The number of hydrogen-bond donors (Lipinski definition) is 0. The second-order valence-corrected chi connectivity index (χ2v) is 7.60. The largest absolute Gasteiger partial charge is 0.491 e. The number of carbonyl (C=O) groups is 1. The average Bonchev–Trinajstić information content (AvgIpc) is 2.67. The summed E-state index contributed by atoms with van der Waals surface area (Å²) in [5, 5.41) is 0. The molecule has 2 aromatic rings. The summed E-state index contributed by atoms with van der Waals surface area (Å²) in [7, 11) is 0. The van der Waals surface area contributed by atoms with Crippen molar-refractivity contribution in [3.63, 3.8) is 0 Å². The molecule has 2 unspecified atom stereocenters. The Balaban J connectivity index is 2.57. The van der Waals surface area contributed by atoms with Gasteiger partial charge in [-0.3, -0.25) is 4.79 Å². The molecule has 0 saturated carbocycles. The van der Waals surface area contributed by atoms with Crippen molar-refractivity contribution in [3.8, 4) is 16.9 Å². The molecule has 144 valence electrons. The maximum atomic E-state index is 11.5. The van der Waals surface area contributed by atoms with Gasteiger partial charge >= 0.3 is 0 Å². The summed E-state index contributed by atoms with van der Waals surface area (Å²) >= 11 is 0. The predicted molar refractivity (Wildman–Crippen MR) is 115 cm³/mol. The van der Waals surface area contributed by atoms with E-state index in [0.717, 1.165) is 36.0 Å². The standard InChI is InChI=1S/C25H32O2/c1-7-10-25(6,9-3)23-12-18(4)11-21(15-23)22-13-20(17-26)14-24(16-22)27-19(5)8-2/h7,10-17,19H,8-9H2,1-6H3. The first-order chi connectivity index (χ1) is 12.8. The Morgan fingerprint density at radius 2 is 1.78 bits per heavy atom. The molecule has 2 rings (SSSR count). The van der Waals surface area contributed by atoms with Crippen LogP contribution in [-0.4, -0.2) is 12.4 Å². The Labute approximate surface area is 164 Å². The topological polar surface area (TPSA) is 26.3 Å². The van der Waals surface area contributed by atoms with Gasteiger partial charge in [0.2, 0.25) is 0 Å². The Bertz CT molecular complexity index is 819. The minimum atomic E-state index is -0.00611. The van der Waals surface area contributed by atoms with Crippen LogP contribution in [0.25, 0.3) is 11.1 Å². The third-order valence-corrected chi connectivity index (χ3v) is 5.32. The maximum absolute atomic E-state index is 11.5. The van der Waals surface area contributed by atoms with Gasteiger partial charge in [-0.25, -0.2) is 0 Å². The van der Waals surface area contributed by atoms with E-state index in [-0.39, 0.29) is 11.5 Å². The second kappa shape index (κ2) is 9.03. The molecule has 0 spiro atoms. The highest BCUT2D eigenvalue weighted by atomic mass is 16.5. The number of aldehydes is 1. The second-order valence-electron chi connectivity index (χ2n) is 7.60. The van der Waals surface area contributed by atoms with E-state index in [0.29, 0.717) is 5.56 Å². The van der Waals surface area contributed by atoms with E-state index in [1.807, 2.05) is 25.1 Å². The lowest BCUT2D eigenvalue weighted by Gasteiger charge is -2.26. The zero-order valence-corrected chi connectivity index (χ0v) is 17.5. The molecule has 2 heteroatoms. The molecule has 0 saturated heterocycles. The molecule has 2 atom stereocenters. The number of aryl methyl sites for hydroxylation is 1. The smallest absolute Gasteiger partial charge is 0.150 e. The van der Waals surface area contributed by atoms with Crippen molar-refractivity contribution in [1.29, 1.82) is 0 Å². The van der Waals surface area contributed by atoms with Crippen LogP contribution in [0.1, 0.15) is 68.9 Å². The summed E-state index contributed by atoms with van der Waals surface area (Å²) in [4.78, 5) is 11.5. The Morgan fingerprint density at radius 1 is 1.07 bits per heavy atom. The summed E-state index contributed by atoms with van der Waals surface area (Å²) in [5.41, 5.74) is 5.27. The number of rotatable bonds is 8. The van der Waals surface area contributed by atoms with Crippen LogP contribution in [0.5, 0.6) is 5.75 Å². The van der Waals surface area contributed by atoms with Gasteiger partial charge in [-0.2, -0.15) is 0 Å². The van der Waals surface area contributed by atoms with Crippen LogP contribution < -0.4 is 4.74 Å². The van der Waals surface area contributed by atoms with Crippen molar-refractivity contribution >= 4 is 6.29 Å². The van der Waals surface area contributed by atoms with E-state index in [2.05, 4.69) is 65.0 Å². The molecule has 0 heterocycles. The summed E-state index contributed by atoms with van der Waals surface area (Å²) in [6.07, 6.45) is 7.34. The molecular formula is C25H32O2. The van der Waals surface area contributed by atoms with E-state index in [1.165, 1.54) is 11.1 Å². The molecule has 0 aliphatic carbocycles. The van der Waals surface area contributed by atoms with Gasteiger partial charge in [0.05, 0.1) is 6.10 Å². The fourth-order valence-corrected chi connectivity index (χ4v) is 3.31. The lowest BCUT2D eigenvalue weighted by atomic mass is 9.78. The lowest BCUT2D eigenvalue weighted by Crippen LogP contribution is -2.17. The summed E-state index contributed by atoms with van der Waals surface area (Å²) in [6, 6.07) is 12.5. The summed E-state index contributed by atoms with van der Waals surface area (Å²) < 4.78 is 5.99. The van der Waals surface area contributed by atoms with Gasteiger partial charge in [0.1, 0.15) is 12.0 Å². The first-order valence-corrected chi connectivity index (χ1v) is 9.88. The SMILES string of the molecule is CC=CC(C)(CC)c1cc(C)cc(-c2cc(C=O)cc(OC(C)CC)c2)c1. The molecule has 2 aromatic carbocycles. The van der Waals surface area contributed by atoms with Crippen molar-refractivity contribution in [2.24, 2.45) is 0 Å². The molecule has 0 aliphatic heterocycles. The molecule has 0 aromatic heterocycles. The van der Waals surface area contributed by atoms with Crippen LogP contribution in [-0.2, 0) is 5.41 Å². The fourth-order valence-electron chi connectivity index (χ4n) is 3.31. The van der Waals surface area contributed by atoms with Gasteiger partial charge in [-0.1, -0.05) is 56.7 Å². The molecule has 0 aliphatic rings. The third kappa shape index (κ3) is 5.09. The minimum Gasteiger partial charge on any atom is -0.491 e. The fraction of sp³-hybridized carbons (Fsp3) is 0.400. The molecule has 0 N–H and O–H groups in total. The van der Waals surface area contributed by atoms with E-state index in [1.54, 1.807) is 0 Å². The molecule has 0 radical (unpaired) electrons. The van der Waals surface area contributed by atoms with Gasteiger partial charge in [-0.05, 0) is 68.5 Å². The minimum absolute atomic E-state index is 0.00611. The summed E-state index contributed by atoms with van der Waals surface area (Å²) in [5.74, 6) is 0.749. The van der Waals surface area contributed by atoms with Crippen molar-refractivity contribution in [2.45, 2.75) is 65.9 Å². The lowest BCUT2D eigenvalue weighted by molar-refractivity contribution is 0.112. The van der Waals surface area contributed by atoms with Gasteiger partial charge < -0.3 is 4.74 Å². The zero-order valence-electron chi connectivity index (χ0n) is 17.5. The number of allylic oxidation sites excluding steroid dienone is 2. The van der Waals surface area contributed by atoms with Crippen LogP contribution in [0.3, 0.4) is 0 Å². The van der Waals surface area contributed by atoms with Crippen molar-refractivity contribution in [1.82, 2.24) is 0 Å². The number of carbonyl (C=O) groups excluding carboxylic acids is 1. The summed E-state index contributed by atoms with van der Waals surface area (Å²) in [6.45, 7) is 12.8. The predicted octanol–water partition coefficient (Wildman–Crippen LogP) is 6.90. The Hall–Kier alpha value is -2.35. The molecule has 2 nitrogen and oxygen atoms in total. The highest BCUT2D eigenvalue weighted by Crippen LogP contribution is 2.34. The Kier molecular flexibility index (Phi) is 7.01. The first-order valence-electron chi connectivity index (χ1n) is 9.88. The van der Waals surface area contributed by atoms with Crippen LogP contribution in [0.2, 0.25) is 0 Å². The first kappa shape index (κ1) is 21.0. The van der Waals surface area contributed by atoms with E-state index in [9.17, 15) is 4.79 Å². The Morgan fingerprint density at radius 3 is 2.37 bits per heavy atom. The average molecular weight is 365 g/mol. The van der Waals surface area contributed by atoms with Crippen LogP contribution >= 0.6 is 0 Å². The maximum Gasteiger partial charge on any atom is 0.150 e. The van der Waals surface area contributed by atoms with E-state index in [4.69, 9.17) is 4.74 Å². The number of benzene rings is 2. The van der Waals surface area contributed by atoms with Gasteiger partial charge in [0.25, 0.3) is 0 Å². The molecule has 0 bridgehead atoms. The molecule has 27 heavy (non-hydrogen) atoms. The number of hydrogen-bond acceptors (Lipinski definition) is 2. The van der Waals surface area contributed by atoms with Crippen molar-refractivity contribution in [2.75, 3.05) is 0 Å². The normalized spacial score (nSPS) is 14.7. The van der Waals surface area contributed by atoms with Crippen molar-refractivity contribution < 1.29 is 9.53 Å². The zero-order chi connectivity index (χ0) is 20.0. The highest BCUT2D eigenvalue weighted by Gasteiger charge is 2.22. The van der Waals surface area contributed by atoms with Crippen LogP contribution in [0.15, 0.2) is 48.6 Å². The van der Waals surface area contributed by atoms with Crippen molar-refractivity contribution in [3.05, 3.63) is 65.2 Å². The van der Waals surface area contributed by atoms with Crippen LogP contribution in [0.4, 0.5) is 0 Å². The van der Waals surface area contributed by atoms with E-state index < -0.39 is 0 Å². The molecule has 0 amide bonds. The third-order valence-electron chi connectivity index (χ3n) is 5.32. The monoisotopic (exact) mass is 364 g/mol. The van der Waals surface area contributed by atoms with Crippen LogP contribution in [0, 0.1) is 6.92 Å². The van der Waals surface area contributed by atoms with Gasteiger partial charge in [0, 0.05) is 11.0 Å². The highest BCUT2D eigenvalue weighted by molar-refractivity contribution is 5.80. The molecule has 0 fully saturated rings.